The smallest absolute Gasteiger partial charge is 0.0133 e. The summed E-state index contributed by atoms with van der Waals surface area (Å²) in [6.45, 7) is 11.8. The molecule has 1 N–H and O–H groups in total. The average Bonchev–Trinajstić information content (AvgIpc) is 2.24. The molecule has 14 heavy (non-hydrogen) atoms. The van der Waals surface area contributed by atoms with Crippen LogP contribution in [0.2, 0.25) is 5.04 Å². The van der Waals surface area contributed by atoms with Crippen LogP contribution >= 0.6 is 0 Å². The number of hydrogen-bond acceptors (Lipinski definition) is 1. The van der Waals surface area contributed by atoms with Gasteiger partial charge in [0, 0.05) is 16.3 Å². The van der Waals surface area contributed by atoms with Crippen LogP contribution in [-0.4, -0.2) is 23.3 Å². The summed E-state index contributed by atoms with van der Waals surface area (Å²) in [4.78, 5) is 0. The third kappa shape index (κ3) is 2.60. The second-order valence-corrected chi connectivity index (χ2v) is 6.73. The first-order valence-electron chi connectivity index (χ1n) is 6.12. The van der Waals surface area contributed by atoms with Gasteiger partial charge in [0.05, 0.1) is 0 Å². The summed E-state index contributed by atoms with van der Waals surface area (Å²) >= 11 is 0. The van der Waals surface area contributed by atoms with E-state index in [-0.39, 0.29) is 0 Å². The van der Waals surface area contributed by atoms with E-state index < -0.39 is 0 Å². The van der Waals surface area contributed by atoms with Crippen LogP contribution in [0, 0.1) is 11.8 Å². The van der Waals surface area contributed by atoms with E-state index in [1.165, 1.54) is 23.1 Å². The molecule has 0 aliphatic heterocycles. The number of nitrogens with one attached hydrogen (secondary N) is 1. The van der Waals surface area contributed by atoms with E-state index in [9.17, 15) is 0 Å². The summed E-state index contributed by atoms with van der Waals surface area (Å²) < 4.78 is 0. The van der Waals surface area contributed by atoms with Crippen molar-refractivity contribution < 1.29 is 0 Å². The molecule has 3 unspecified atom stereocenters. The quantitative estimate of drug-likeness (QED) is 0.670. The molecule has 0 rings (SSSR count). The minimum Gasteiger partial charge on any atom is -0.317 e. The van der Waals surface area contributed by atoms with Crippen molar-refractivity contribution in [2.45, 2.75) is 58.5 Å². The Kier molecular flexibility index (Phi) is 5.99. The Labute approximate surface area is 93.5 Å². The van der Waals surface area contributed by atoms with Crippen molar-refractivity contribution in [3.05, 3.63) is 0 Å². The van der Waals surface area contributed by atoms with Crippen LogP contribution in [0.3, 0.4) is 0 Å². The fourth-order valence-corrected chi connectivity index (χ4v) is 3.64. The maximum Gasteiger partial charge on any atom is 0.0133 e. The predicted molar refractivity (Wildman–Crippen MR) is 70.1 cm³/mol. The minimum absolute atomic E-state index is 0.554. The van der Waals surface area contributed by atoms with Gasteiger partial charge in [-0.1, -0.05) is 40.5 Å². The molecular formula is C12H29NSi. The summed E-state index contributed by atoms with van der Waals surface area (Å²) in [5, 5.41) is 4.02. The Morgan fingerprint density at radius 3 is 1.64 bits per heavy atom. The molecule has 1 nitrogen and oxygen atoms in total. The van der Waals surface area contributed by atoms with E-state index in [0.717, 1.165) is 11.8 Å². The molecule has 0 fully saturated rings. The molecule has 0 aromatic heterocycles. The van der Waals surface area contributed by atoms with Gasteiger partial charge in [-0.3, -0.25) is 0 Å². The third-order valence-corrected chi connectivity index (χ3v) is 7.55. The van der Waals surface area contributed by atoms with E-state index in [4.69, 9.17) is 0 Å². The molecule has 0 spiro atoms. The van der Waals surface area contributed by atoms with Gasteiger partial charge in [-0.25, -0.2) is 0 Å². The fourth-order valence-electron chi connectivity index (χ4n) is 2.53. The summed E-state index contributed by atoms with van der Waals surface area (Å²) in [6, 6.07) is 0.652. The van der Waals surface area contributed by atoms with E-state index in [1.807, 2.05) is 0 Å². The van der Waals surface area contributed by atoms with E-state index in [0.29, 0.717) is 11.1 Å². The Bertz CT molecular complexity index is 132. The Morgan fingerprint density at radius 2 is 1.43 bits per heavy atom. The second-order valence-electron chi connectivity index (χ2n) is 4.99. The molecule has 0 saturated carbocycles. The van der Waals surface area contributed by atoms with Gasteiger partial charge in [-0.2, -0.15) is 0 Å². The zero-order valence-corrected chi connectivity index (χ0v) is 13.1. The van der Waals surface area contributed by atoms with Gasteiger partial charge in [0.2, 0.25) is 0 Å². The lowest BCUT2D eigenvalue weighted by Gasteiger charge is -2.45. The molecule has 0 aromatic carbocycles. The van der Waals surface area contributed by atoms with Gasteiger partial charge < -0.3 is 5.32 Å². The summed E-state index contributed by atoms with van der Waals surface area (Å²) in [6.07, 6.45) is 2.61. The Morgan fingerprint density at radius 1 is 1.07 bits per heavy atom. The van der Waals surface area contributed by atoms with Crippen LogP contribution in [0.1, 0.15) is 47.5 Å². The topological polar surface area (TPSA) is 12.0 Å². The SMILES string of the molecule is CCC(C)C([SiH3])(C(C)CC)C(C)NC. The molecular weight excluding hydrogens is 186 g/mol. The number of hydrogen-bond donors (Lipinski definition) is 1. The molecule has 0 bridgehead atoms. The van der Waals surface area contributed by atoms with Crippen LogP contribution < -0.4 is 5.32 Å². The van der Waals surface area contributed by atoms with Crippen molar-refractivity contribution in [1.82, 2.24) is 5.32 Å². The third-order valence-electron chi connectivity index (χ3n) is 4.71. The van der Waals surface area contributed by atoms with Crippen molar-refractivity contribution in [2.75, 3.05) is 7.05 Å². The molecule has 0 heterocycles. The molecule has 0 saturated heterocycles. The maximum atomic E-state index is 3.47. The highest BCUT2D eigenvalue weighted by molar-refractivity contribution is 6.16. The lowest BCUT2D eigenvalue weighted by molar-refractivity contribution is 0.214. The fraction of sp³-hybridized carbons (Fsp3) is 1.00. The standard InChI is InChI=1S/C12H29NSi/c1-7-9(3)12(14,10(4)8-2)11(5)13-6/h9-11,13H,7-8H2,1-6,14H3. The molecule has 0 aliphatic carbocycles. The molecule has 0 aromatic rings. The van der Waals surface area contributed by atoms with E-state index in [2.05, 4.69) is 47.0 Å². The molecule has 86 valence electrons. The van der Waals surface area contributed by atoms with Crippen LogP contribution in [-0.2, 0) is 0 Å². The maximum absolute atomic E-state index is 3.47. The molecule has 0 radical (unpaired) electrons. The molecule has 0 aliphatic rings. The first kappa shape index (κ1) is 14.2. The van der Waals surface area contributed by atoms with Crippen molar-refractivity contribution in [2.24, 2.45) is 11.8 Å². The van der Waals surface area contributed by atoms with Crippen LogP contribution in [0.15, 0.2) is 0 Å². The highest BCUT2D eigenvalue weighted by atomic mass is 28.1. The van der Waals surface area contributed by atoms with Crippen molar-refractivity contribution >= 4 is 10.2 Å². The lowest BCUT2D eigenvalue weighted by Crippen LogP contribution is -2.44. The Balaban J connectivity index is 4.83. The monoisotopic (exact) mass is 215 g/mol. The second kappa shape index (κ2) is 5.91. The first-order chi connectivity index (χ1) is 6.44. The van der Waals surface area contributed by atoms with Gasteiger partial charge in [-0.05, 0) is 30.8 Å². The van der Waals surface area contributed by atoms with Gasteiger partial charge >= 0.3 is 0 Å². The van der Waals surface area contributed by atoms with Crippen molar-refractivity contribution in [3.63, 3.8) is 0 Å². The van der Waals surface area contributed by atoms with Crippen molar-refractivity contribution in [3.8, 4) is 0 Å². The average molecular weight is 215 g/mol. The molecule has 0 amide bonds. The zero-order chi connectivity index (χ0) is 11.4. The van der Waals surface area contributed by atoms with E-state index in [1.54, 1.807) is 0 Å². The lowest BCUT2D eigenvalue weighted by atomic mass is 9.75. The summed E-state index contributed by atoms with van der Waals surface area (Å²) in [7, 11) is 3.39. The largest absolute Gasteiger partial charge is 0.317 e. The van der Waals surface area contributed by atoms with E-state index >= 15 is 0 Å². The van der Waals surface area contributed by atoms with Crippen molar-refractivity contribution in [1.29, 1.82) is 0 Å². The highest BCUT2D eigenvalue weighted by Gasteiger charge is 2.38. The normalized spacial score (nSPS) is 22.7. The van der Waals surface area contributed by atoms with Gasteiger partial charge in [0.25, 0.3) is 0 Å². The van der Waals surface area contributed by atoms with Crippen LogP contribution in [0.4, 0.5) is 0 Å². The predicted octanol–water partition coefficient (Wildman–Crippen LogP) is 2.21. The Hall–Kier alpha value is 0.177. The van der Waals surface area contributed by atoms with Crippen LogP contribution in [0.5, 0.6) is 0 Å². The minimum atomic E-state index is 0.554. The highest BCUT2D eigenvalue weighted by Crippen LogP contribution is 2.46. The van der Waals surface area contributed by atoms with Gasteiger partial charge in [0.1, 0.15) is 0 Å². The van der Waals surface area contributed by atoms with Gasteiger partial charge in [0.15, 0.2) is 0 Å². The zero-order valence-electron chi connectivity index (χ0n) is 11.1. The number of rotatable bonds is 6. The summed E-state index contributed by atoms with van der Waals surface area (Å²) in [5.74, 6) is 1.68. The van der Waals surface area contributed by atoms with Crippen LogP contribution in [0.25, 0.3) is 0 Å². The first-order valence-corrected chi connectivity index (χ1v) is 7.12. The summed E-state index contributed by atoms with van der Waals surface area (Å²) in [5.41, 5.74) is 0. The van der Waals surface area contributed by atoms with Gasteiger partial charge in [-0.15, -0.1) is 0 Å². The molecule has 3 atom stereocenters. The molecule has 2 heteroatoms.